The molecule has 162 valence electrons. The van der Waals surface area contributed by atoms with Crippen LogP contribution in [0, 0.1) is 0 Å². The van der Waals surface area contributed by atoms with E-state index in [0.717, 1.165) is 58.6 Å². The summed E-state index contributed by atoms with van der Waals surface area (Å²) in [5.41, 5.74) is 4.00. The normalized spacial score (nSPS) is 14.3. The van der Waals surface area contributed by atoms with Crippen molar-refractivity contribution in [3.8, 4) is 0 Å². The Bertz CT molecular complexity index is 1240. The maximum absolute atomic E-state index is 13.2. The molecule has 0 N–H and O–H groups in total. The molecule has 0 fully saturated rings. The van der Waals surface area contributed by atoms with E-state index in [4.69, 9.17) is 9.72 Å². The van der Waals surface area contributed by atoms with E-state index in [9.17, 15) is 13.2 Å². The summed E-state index contributed by atoms with van der Waals surface area (Å²) < 4.78 is 31.6. The summed E-state index contributed by atoms with van der Waals surface area (Å²) in [7, 11) is -0.574. The van der Waals surface area contributed by atoms with Gasteiger partial charge in [0, 0.05) is 25.2 Å². The van der Waals surface area contributed by atoms with Crippen molar-refractivity contribution in [2.45, 2.75) is 43.6 Å². The summed E-state index contributed by atoms with van der Waals surface area (Å²) in [5, 5.41) is 0.803. The number of hydrogen-bond donors (Lipinski definition) is 0. The van der Waals surface area contributed by atoms with Crippen molar-refractivity contribution in [2.75, 3.05) is 14.1 Å². The van der Waals surface area contributed by atoms with Gasteiger partial charge in [-0.3, -0.25) is 4.98 Å². The number of fused-ring (bicyclic) bond motifs is 2. The minimum Gasteiger partial charge on any atom is -0.457 e. The van der Waals surface area contributed by atoms with Crippen LogP contribution < -0.4 is 0 Å². The predicted molar refractivity (Wildman–Crippen MR) is 119 cm³/mol. The molecule has 0 saturated heterocycles. The van der Waals surface area contributed by atoms with Gasteiger partial charge in [-0.1, -0.05) is 36.8 Å². The summed E-state index contributed by atoms with van der Waals surface area (Å²) >= 11 is 0. The molecule has 6 nitrogen and oxygen atoms in total. The molecule has 0 saturated carbocycles. The van der Waals surface area contributed by atoms with Gasteiger partial charge in [-0.15, -0.1) is 0 Å². The topological polar surface area (TPSA) is 76.6 Å². The lowest BCUT2D eigenvalue weighted by Crippen LogP contribution is -2.22. The number of rotatable bonds is 5. The highest BCUT2D eigenvalue weighted by Gasteiger charge is 2.23. The lowest BCUT2D eigenvalue weighted by Gasteiger charge is -2.15. The van der Waals surface area contributed by atoms with E-state index < -0.39 is 16.0 Å². The summed E-state index contributed by atoms with van der Waals surface area (Å²) in [5.74, 6) is -0.391. The lowest BCUT2D eigenvalue weighted by molar-refractivity contribution is 0.0473. The van der Waals surface area contributed by atoms with Gasteiger partial charge in [-0.05, 0) is 55.0 Å². The van der Waals surface area contributed by atoms with Crippen molar-refractivity contribution >= 4 is 26.9 Å². The molecule has 0 spiro atoms. The largest absolute Gasteiger partial charge is 0.457 e. The molecule has 0 unspecified atom stereocenters. The number of benzene rings is 2. The Balaban J connectivity index is 1.65. The van der Waals surface area contributed by atoms with Gasteiger partial charge in [0.25, 0.3) is 0 Å². The zero-order valence-corrected chi connectivity index (χ0v) is 18.6. The van der Waals surface area contributed by atoms with Gasteiger partial charge in [0.1, 0.15) is 6.61 Å². The second-order valence-electron chi connectivity index (χ2n) is 8.00. The highest BCUT2D eigenvalue weighted by molar-refractivity contribution is 7.89. The first-order valence-corrected chi connectivity index (χ1v) is 11.9. The van der Waals surface area contributed by atoms with Crippen molar-refractivity contribution in [2.24, 2.45) is 0 Å². The Morgan fingerprint density at radius 3 is 2.61 bits per heavy atom. The Morgan fingerprint density at radius 1 is 1.03 bits per heavy atom. The first-order valence-electron chi connectivity index (χ1n) is 10.5. The van der Waals surface area contributed by atoms with Gasteiger partial charge >= 0.3 is 5.97 Å². The van der Waals surface area contributed by atoms with E-state index in [-0.39, 0.29) is 11.5 Å². The number of hydrogen-bond acceptors (Lipinski definition) is 5. The molecule has 4 rings (SSSR count). The van der Waals surface area contributed by atoms with Crippen LogP contribution in [-0.4, -0.2) is 37.8 Å². The van der Waals surface area contributed by atoms with Gasteiger partial charge in [-0.25, -0.2) is 17.5 Å². The van der Waals surface area contributed by atoms with Crippen LogP contribution in [0.25, 0.3) is 10.9 Å². The molecule has 1 heterocycles. The van der Waals surface area contributed by atoms with E-state index in [1.54, 1.807) is 18.2 Å². The van der Waals surface area contributed by atoms with E-state index in [1.807, 2.05) is 24.3 Å². The van der Waals surface area contributed by atoms with Crippen molar-refractivity contribution in [1.82, 2.24) is 9.29 Å². The molecule has 31 heavy (non-hydrogen) atoms. The first kappa shape index (κ1) is 21.5. The van der Waals surface area contributed by atoms with Gasteiger partial charge in [-0.2, -0.15) is 0 Å². The number of carbonyl (C=O) groups excluding carboxylic acids is 1. The van der Waals surface area contributed by atoms with Crippen LogP contribution in [0.3, 0.4) is 0 Å². The molecule has 1 aliphatic carbocycles. The molecule has 1 aromatic heterocycles. The molecular formula is C24H26N2O4S. The quantitative estimate of drug-likeness (QED) is 0.443. The predicted octanol–water partition coefficient (Wildman–Crippen LogP) is 4.11. The van der Waals surface area contributed by atoms with Crippen LogP contribution in [0.15, 0.2) is 53.4 Å². The smallest absolute Gasteiger partial charge is 0.339 e. The van der Waals surface area contributed by atoms with E-state index in [0.29, 0.717) is 11.1 Å². The summed E-state index contributed by atoms with van der Waals surface area (Å²) in [4.78, 5) is 18.2. The van der Waals surface area contributed by atoms with Crippen LogP contribution in [0.2, 0.25) is 0 Å². The fourth-order valence-electron chi connectivity index (χ4n) is 4.01. The maximum atomic E-state index is 13.2. The minimum atomic E-state index is -3.55. The van der Waals surface area contributed by atoms with Crippen LogP contribution in [0.5, 0.6) is 0 Å². The van der Waals surface area contributed by atoms with Gasteiger partial charge < -0.3 is 4.74 Å². The van der Waals surface area contributed by atoms with E-state index in [2.05, 4.69) is 0 Å². The van der Waals surface area contributed by atoms with Crippen LogP contribution in [0.1, 0.15) is 46.4 Å². The first-order chi connectivity index (χ1) is 14.9. The number of para-hydroxylation sites is 1. The molecule has 7 heteroatoms. The third-order valence-corrected chi connectivity index (χ3v) is 7.48. The van der Waals surface area contributed by atoms with E-state index in [1.165, 1.54) is 20.2 Å². The lowest BCUT2D eigenvalue weighted by atomic mass is 9.97. The standard InChI is InChI=1S/C24H26N2O4S/c1-26(2)31(28,29)18-10-8-9-17(15-18)16-30-24(27)23-19-11-4-3-5-13-21(19)25-22-14-7-6-12-20(22)23/h6-10,12,14-15H,3-5,11,13,16H2,1-2H3. The second kappa shape index (κ2) is 8.77. The highest BCUT2D eigenvalue weighted by atomic mass is 32.2. The van der Waals surface area contributed by atoms with Crippen molar-refractivity contribution in [3.63, 3.8) is 0 Å². The van der Waals surface area contributed by atoms with E-state index >= 15 is 0 Å². The van der Waals surface area contributed by atoms with Gasteiger partial charge in [0.15, 0.2) is 0 Å². The van der Waals surface area contributed by atoms with Crippen molar-refractivity contribution < 1.29 is 17.9 Å². The molecule has 0 atom stereocenters. The molecule has 3 aromatic rings. The summed E-state index contributed by atoms with van der Waals surface area (Å²) in [6.45, 7) is 0.00104. The monoisotopic (exact) mass is 438 g/mol. The molecule has 2 aromatic carbocycles. The minimum absolute atomic E-state index is 0.00104. The van der Waals surface area contributed by atoms with Crippen LogP contribution in [-0.2, 0) is 34.2 Å². The fraction of sp³-hybridized carbons (Fsp3) is 0.333. The third-order valence-electron chi connectivity index (χ3n) is 5.67. The number of nitrogens with zero attached hydrogens (tertiary/aromatic N) is 2. The maximum Gasteiger partial charge on any atom is 0.339 e. The number of aryl methyl sites for hydroxylation is 1. The zero-order valence-electron chi connectivity index (χ0n) is 17.8. The Hall–Kier alpha value is -2.77. The van der Waals surface area contributed by atoms with Crippen molar-refractivity contribution in [1.29, 1.82) is 0 Å². The van der Waals surface area contributed by atoms with Gasteiger partial charge in [0.2, 0.25) is 10.0 Å². The number of esters is 1. The molecule has 0 aliphatic heterocycles. The van der Waals surface area contributed by atoms with Crippen molar-refractivity contribution in [3.05, 3.63) is 70.9 Å². The summed E-state index contributed by atoms with van der Waals surface area (Å²) in [6.07, 6.45) is 4.89. The highest BCUT2D eigenvalue weighted by Crippen LogP contribution is 2.29. The average Bonchev–Trinajstić information content (AvgIpc) is 3.01. The molecule has 1 aliphatic rings. The Morgan fingerprint density at radius 2 is 1.81 bits per heavy atom. The number of ether oxygens (including phenoxy) is 1. The fourth-order valence-corrected chi connectivity index (χ4v) is 4.98. The Kier molecular flexibility index (Phi) is 6.07. The molecule has 0 bridgehead atoms. The SMILES string of the molecule is CN(C)S(=O)(=O)c1cccc(COC(=O)c2c3c(nc4ccccc24)CCCCC3)c1. The molecule has 0 radical (unpaired) electrons. The average molecular weight is 439 g/mol. The number of pyridine rings is 1. The zero-order chi connectivity index (χ0) is 22.0. The van der Waals surface area contributed by atoms with Gasteiger partial charge in [0.05, 0.1) is 16.0 Å². The second-order valence-corrected chi connectivity index (χ2v) is 10.2. The number of aromatic nitrogens is 1. The summed E-state index contributed by atoms with van der Waals surface area (Å²) in [6, 6.07) is 14.2. The number of sulfonamides is 1. The number of carbonyl (C=O) groups is 1. The van der Waals surface area contributed by atoms with Crippen LogP contribution >= 0.6 is 0 Å². The Labute approximate surface area is 182 Å². The molecule has 0 amide bonds. The van der Waals surface area contributed by atoms with Crippen LogP contribution in [0.4, 0.5) is 0 Å². The molecular weight excluding hydrogens is 412 g/mol. The third kappa shape index (κ3) is 4.34.